The molecule has 3 aromatic rings. The Morgan fingerprint density at radius 2 is 2.04 bits per heavy atom. The summed E-state index contributed by atoms with van der Waals surface area (Å²) in [4.78, 5) is 13.9. The van der Waals surface area contributed by atoms with Gasteiger partial charge in [-0.2, -0.15) is 4.98 Å². The van der Waals surface area contributed by atoms with Crippen molar-refractivity contribution in [1.82, 2.24) is 15.0 Å². The van der Waals surface area contributed by atoms with Crippen molar-refractivity contribution in [3.05, 3.63) is 58.4 Å². The average Bonchev–Trinajstić information content (AvgIpc) is 2.67. The molecule has 0 saturated carbocycles. The predicted octanol–water partition coefficient (Wildman–Crippen LogP) is 4.46. The zero-order valence-corrected chi connectivity index (χ0v) is 16.4. The summed E-state index contributed by atoms with van der Waals surface area (Å²) in [6, 6.07) is 8.16. The Kier molecular flexibility index (Phi) is 4.85. The third kappa shape index (κ3) is 3.31. The van der Waals surface area contributed by atoms with Crippen molar-refractivity contribution in [1.29, 1.82) is 0 Å². The molecule has 5 nitrogen and oxygen atoms in total. The van der Waals surface area contributed by atoms with Crippen molar-refractivity contribution in [2.75, 3.05) is 5.75 Å². The molecule has 0 fully saturated rings. The number of ether oxygens (including phenoxy) is 1. The van der Waals surface area contributed by atoms with Gasteiger partial charge in [0.25, 0.3) is 0 Å². The first-order valence-electron chi connectivity index (χ1n) is 8.97. The maximum atomic E-state index is 9.69. The Balaban J connectivity index is 1.87. The highest BCUT2D eigenvalue weighted by Crippen LogP contribution is 2.42. The summed E-state index contributed by atoms with van der Waals surface area (Å²) in [5.74, 6) is 2.87. The van der Waals surface area contributed by atoms with Crippen molar-refractivity contribution in [3.63, 3.8) is 0 Å². The molecule has 0 amide bonds. The molecule has 27 heavy (non-hydrogen) atoms. The number of benzene rings is 1. The summed E-state index contributed by atoms with van der Waals surface area (Å²) < 4.78 is 6.19. The summed E-state index contributed by atoms with van der Waals surface area (Å²) in [5, 5.41) is 10.6. The summed E-state index contributed by atoms with van der Waals surface area (Å²) in [6.07, 6.45) is 2.36. The first kappa shape index (κ1) is 17.9. The number of hydrogen-bond donors (Lipinski definition) is 1. The lowest BCUT2D eigenvalue weighted by molar-refractivity contribution is 0.278. The topological polar surface area (TPSA) is 68.1 Å². The van der Waals surface area contributed by atoms with Crippen molar-refractivity contribution >= 4 is 11.8 Å². The fourth-order valence-electron chi connectivity index (χ4n) is 3.26. The SMILES string of the molecule is CCSc1nc(-c2cccc(C)c2)nc2c1Cc1c(CO)cnc(C)c1O2. The Bertz CT molecular complexity index is 1020. The molecule has 1 N–H and O–H groups in total. The number of aromatic nitrogens is 3. The molecule has 0 bridgehead atoms. The van der Waals surface area contributed by atoms with Crippen molar-refractivity contribution in [2.24, 2.45) is 0 Å². The van der Waals surface area contributed by atoms with E-state index in [4.69, 9.17) is 14.7 Å². The molecule has 1 aromatic carbocycles. The maximum absolute atomic E-state index is 9.69. The van der Waals surface area contributed by atoms with Crippen LogP contribution in [0.25, 0.3) is 11.4 Å². The zero-order chi connectivity index (χ0) is 19.0. The highest BCUT2D eigenvalue weighted by Gasteiger charge is 2.27. The average molecular weight is 379 g/mol. The molecule has 0 saturated heterocycles. The van der Waals surface area contributed by atoms with Gasteiger partial charge in [-0.1, -0.05) is 30.7 Å². The molecule has 1 aliphatic rings. The second-order valence-electron chi connectivity index (χ2n) is 6.55. The van der Waals surface area contributed by atoms with E-state index in [1.807, 2.05) is 19.1 Å². The summed E-state index contributed by atoms with van der Waals surface area (Å²) in [7, 11) is 0. The third-order valence-corrected chi connectivity index (χ3v) is 5.52. The van der Waals surface area contributed by atoms with E-state index < -0.39 is 0 Å². The molecular formula is C21H21N3O2S. The van der Waals surface area contributed by atoms with Gasteiger partial charge >= 0.3 is 0 Å². The minimum atomic E-state index is -0.0627. The van der Waals surface area contributed by atoms with E-state index in [1.165, 1.54) is 0 Å². The van der Waals surface area contributed by atoms with Gasteiger partial charge in [0.05, 0.1) is 17.9 Å². The van der Waals surface area contributed by atoms with Gasteiger partial charge in [-0.15, -0.1) is 11.8 Å². The minimum Gasteiger partial charge on any atom is -0.436 e. The third-order valence-electron chi connectivity index (χ3n) is 4.62. The Morgan fingerprint density at radius 1 is 1.19 bits per heavy atom. The molecule has 138 valence electrons. The molecule has 6 heteroatoms. The summed E-state index contributed by atoms with van der Waals surface area (Å²) in [5.41, 5.74) is 5.68. The molecule has 0 radical (unpaired) electrons. The van der Waals surface area contributed by atoms with Gasteiger partial charge < -0.3 is 9.84 Å². The second kappa shape index (κ2) is 7.29. The van der Waals surface area contributed by atoms with E-state index in [0.29, 0.717) is 23.9 Å². The molecule has 1 aliphatic heterocycles. The van der Waals surface area contributed by atoms with Crippen molar-refractivity contribution < 1.29 is 9.84 Å². The van der Waals surface area contributed by atoms with Crippen LogP contribution in [0.1, 0.15) is 34.9 Å². The van der Waals surface area contributed by atoms with Gasteiger partial charge in [-0.3, -0.25) is 4.98 Å². The van der Waals surface area contributed by atoms with Crippen LogP contribution in [0, 0.1) is 13.8 Å². The van der Waals surface area contributed by atoms with Gasteiger partial charge in [0.2, 0.25) is 5.88 Å². The van der Waals surface area contributed by atoms with Crippen LogP contribution in [0.3, 0.4) is 0 Å². The van der Waals surface area contributed by atoms with Crippen LogP contribution in [0.4, 0.5) is 0 Å². The largest absolute Gasteiger partial charge is 0.436 e. The summed E-state index contributed by atoms with van der Waals surface area (Å²) >= 11 is 1.69. The zero-order valence-electron chi connectivity index (χ0n) is 15.6. The normalized spacial score (nSPS) is 12.3. The first-order chi connectivity index (χ1) is 13.1. The van der Waals surface area contributed by atoms with E-state index in [1.54, 1.807) is 18.0 Å². The maximum Gasteiger partial charge on any atom is 0.227 e. The van der Waals surface area contributed by atoms with E-state index in [-0.39, 0.29) is 6.61 Å². The number of nitrogens with zero attached hydrogens (tertiary/aromatic N) is 3. The fraction of sp³-hybridized carbons (Fsp3) is 0.286. The summed E-state index contributed by atoms with van der Waals surface area (Å²) in [6.45, 7) is 6.01. The molecule has 0 atom stereocenters. The van der Waals surface area contributed by atoms with Crippen molar-refractivity contribution in [3.8, 4) is 23.0 Å². The Hall–Kier alpha value is -2.44. The molecule has 3 heterocycles. The number of aliphatic hydroxyl groups is 1. The molecule has 0 spiro atoms. The molecule has 0 unspecified atom stereocenters. The molecule has 4 rings (SSSR count). The van der Waals surface area contributed by atoms with Gasteiger partial charge in [-0.25, -0.2) is 4.98 Å². The standard InChI is InChI=1S/C21H21N3O2S/c1-4-27-21-17-9-16-15(11-25)10-22-13(3)18(16)26-20(17)23-19(24-21)14-7-5-6-12(2)8-14/h5-8,10,25H,4,9,11H2,1-3H3. The second-order valence-corrected chi connectivity index (χ2v) is 7.80. The van der Waals surface area contributed by atoms with E-state index in [0.717, 1.165) is 44.3 Å². The predicted molar refractivity (Wildman–Crippen MR) is 106 cm³/mol. The smallest absolute Gasteiger partial charge is 0.227 e. The number of aryl methyl sites for hydroxylation is 2. The van der Waals surface area contributed by atoms with E-state index in [2.05, 4.69) is 31.0 Å². The van der Waals surface area contributed by atoms with Gasteiger partial charge in [-0.05, 0) is 25.7 Å². The first-order valence-corrected chi connectivity index (χ1v) is 9.96. The van der Waals surface area contributed by atoms with Crippen LogP contribution in [-0.4, -0.2) is 25.8 Å². The van der Waals surface area contributed by atoms with Gasteiger partial charge in [0.15, 0.2) is 11.6 Å². The van der Waals surface area contributed by atoms with Crippen LogP contribution in [0.2, 0.25) is 0 Å². The highest BCUT2D eigenvalue weighted by molar-refractivity contribution is 7.99. The van der Waals surface area contributed by atoms with Crippen LogP contribution in [-0.2, 0) is 13.0 Å². The number of rotatable bonds is 4. The van der Waals surface area contributed by atoms with Crippen LogP contribution in [0.15, 0.2) is 35.5 Å². The van der Waals surface area contributed by atoms with E-state index in [9.17, 15) is 5.11 Å². The number of thioether (sulfide) groups is 1. The monoisotopic (exact) mass is 379 g/mol. The van der Waals surface area contributed by atoms with Crippen molar-refractivity contribution in [2.45, 2.75) is 38.8 Å². The lowest BCUT2D eigenvalue weighted by atomic mass is 9.99. The fourth-order valence-corrected chi connectivity index (χ4v) is 4.02. The Morgan fingerprint density at radius 3 is 2.78 bits per heavy atom. The molecule has 2 aromatic heterocycles. The lowest BCUT2D eigenvalue weighted by Crippen LogP contribution is -2.13. The number of aliphatic hydroxyl groups excluding tert-OH is 1. The van der Waals surface area contributed by atoms with E-state index >= 15 is 0 Å². The minimum absolute atomic E-state index is 0.0627. The van der Waals surface area contributed by atoms with Gasteiger partial charge in [0, 0.05) is 29.3 Å². The van der Waals surface area contributed by atoms with Crippen LogP contribution in [0.5, 0.6) is 11.6 Å². The van der Waals surface area contributed by atoms with Gasteiger partial charge in [0.1, 0.15) is 5.03 Å². The molecule has 0 aliphatic carbocycles. The van der Waals surface area contributed by atoms with Crippen LogP contribution >= 0.6 is 11.8 Å². The van der Waals surface area contributed by atoms with Crippen LogP contribution < -0.4 is 4.74 Å². The number of fused-ring (bicyclic) bond motifs is 2. The lowest BCUT2D eigenvalue weighted by Gasteiger charge is -2.24. The number of pyridine rings is 1. The number of hydrogen-bond acceptors (Lipinski definition) is 6. The highest BCUT2D eigenvalue weighted by atomic mass is 32.2. The molecular weight excluding hydrogens is 358 g/mol. The Labute approximate surface area is 162 Å². The quantitative estimate of drug-likeness (QED) is 0.417.